The summed E-state index contributed by atoms with van der Waals surface area (Å²) in [5.74, 6) is 2.63. The van der Waals surface area contributed by atoms with Crippen LogP contribution in [0, 0.1) is 0 Å². The van der Waals surface area contributed by atoms with Gasteiger partial charge in [-0.2, -0.15) is 0 Å². The number of rotatable bonds is 7. The molecule has 0 aliphatic heterocycles. The van der Waals surface area contributed by atoms with E-state index >= 15 is 0 Å². The van der Waals surface area contributed by atoms with Crippen molar-refractivity contribution in [3.8, 4) is 17.1 Å². The first kappa shape index (κ1) is 17.2. The third kappa shape index (κ3) is 3.73. The molecule has 0 aliphatic rings. The maximum absolute atomic E-state index is 5.66. The van der Waals surface area contributed by atoms with E-state index in [1.54, 1.807) is 0 Å². The van der Waals surface area contributed by atoms with Crippen LogP contribution in [-0.4, -0.2) is 29.7 Å². The van der Waals surface area contributed by atoms with Crippen molar-refractivity contribution in [3.63, 3.8) is 0 Å². The minimum absolute atomic E-state index is 0.734. The topological polar surface area (TPSA) is 38.2 Å². The van der Waals surface area contributed by atoms with E-state index < -0.39 is 0 Å². The van der Waals surface area contributed by atoms with Gasteiger partial charge < -0.3 is 9.64 Å². The van der Waals surface area contributed by atoms with Gasteiger partial charge in [0.25, 0.3) is 0 Å². The van der Waals surface area contributed by atoms with Crippen molar-refractivity contribution in [3.05, 3.63) is 48.5 Å². The molecule has 3 rings (SSSR count). The van der Waals surface area contributed by atoms with E-state index in [9.17, 15) is 0 Å². The minimum atomic E-state index is 0.734. The monoisotopic (exact) mass is 335 g/mol. The Labute approximate surface area is 149 Å². The number of anilines is 1. The lowest BCUT2D eigenvalue weighted by Crippen LogP contribution is -2.23. The fraction of sp³-hybridized carbons (Fsp3) is 0.333. The lowest BCUT2D eigenvalue weighted by atomic mass is 10.1. The number of hydrogen-bond acceptors (Lipinski definition) is 4. The van der Waals surface area contributed by atoms with Crippen molar-refractivity contribution in [2.45, 2.75) is 27.2 Å². The molecule has 130 valence electrons. The van der Waals surface area contributed by atoms with E-state index in [0.717, 1.165) is 60.0 Å². The molecule has 0 radical (unpaired) electrons. The number of benzene rings is 2. The second kappa shape index (κ2) is 7.97. The zero-order valence-corrected chi connectivity index (χ0v) is 15.2. The molecule has 0 fully saturated rings. The van der Waals surface area contributed by atoms with Gasteiger partial charge in [0.1, 0.15) is 11.6 Å². The highest BCUT2D eigenvalue weighted by Crippen LogP contribution is 2.28. The zero-order valence-electron chi connectivity index (χ0n) is 15.2. The summed E-state index contributed by atoms with van der Waals surface area (Å²) >= 11 is 0. The summed E-state index contributed by atoms with van der Waals surface area (Å²) in [5, 5.41) is 1.10. The second-order valence-corrected chi connectivity index (χ2v) is 5.93. The largest absolute Gasteiger partial charge is 0.494 e. The second-order valence-electron chi connectivity index (χ2n) is 5.93. The molecule has 0 unspecified atom stereocenters. The Hall–Kier alpha value is -2.62. The summed E-state index contributed by atoms with van der Waals surface area (Å²) in [6.45, 7) is 8.98. The van der Waals surface area contributed by atoms with Gasteiger partial charge in [-0.25, -0.2) is 9.97 Å². The van der Waals surface area contributed by atoms with Gasteiger partial charge in [0, 0.05) is 24.0 Å². The maximum Gasteiger partial charge on any atom is 0.162 e. The van der Waals surface area contributed by atoms with Gasteiger partial charge in [-0.3, -0.25) is 0 Å². The fourth-order valence-electron chi connectivity index (χ4n) is 2.87. The Morgan fingerprint density at radius 1 is 0.880 bits per heavy atom. The Kier molecular flexibility index (Phi) is 5.49. The third-order valence-corrected chi connectivity index (χ3v) is 4.23. The summed E-state index contributed by atoms with van der Waals surface area (Å²) < 4.78 is 5.66. The SMILES string of the molecule is CCCOc1ccc(-c2nc(N(CC)CC)c3ccccc3n2)cc1. The Balaban J connectivity index is 2.04. The number of ether oxygens (including phenoxy) is 1. The molecule has 0 spiro atoms. The molecule has 0 N–H and O–H groups in total. The van der Waals surface area contributed by atoms with E-state index in [1.807, 2.05) is 42.5 Å². The number of nitrogens with zero attached hydrogens (tertiary/aromatic N) is 3. The lowest BCUT2D eigenvalue weighted by molar-refractivity contribution is 0.317. The van der Waals surface area contributed by atoms with Crippen molar-refractivity contribution in [1.29, 1.82) is 0 Å². The molecule has 25 heavy (non-hydrogen) atoms. The maximum atomic E-state index is 5.66. The van der Waals surface area contributed by atoms with Gasteiger partial charge in [-0.1, -0.05) is 19.1 Å². The van der Waals surface area contributed by atoms with E-state index in [2.05, 4.69) is 31.7 Å². The highest BCUT2D eigenvalue weighted by Gasteiger charge is 2.13. The standard InChI is InChI=1S/C21H25N3O/c1-4-15-25-17-13-11-16(12-14-17)20-22-19-10-8-7-9-18(19)21(23-20)24(5-2)6-3/h7-14H,4-6,15H2,1-3H3. The van der Waals surface area contributed by atoms with Crippen LogP contribution < -0.4 is 9.64 Å². The van der Waals surface area contributed by atoms with Gasteiger partial charge in [0.15, 0.2) is 5.82 Å². The molecule has 4 heteroatoms. The molecular weight excluding hydrogens is 310 g/mol. The normalized spacial score (nSPS) is 10.8. The summed E-state index contributed by atoms with van der Waals surface area (Å²) in [6, 6.07) is 16.2. The highest BCUT2D eigenvalue weighted by molar-refractivity contribution is 5.91. The van der Waals surface area contributed by atoms with Gasteiger partial charge in [0.05, 0.1) is 12.1 Å². The number of para-hydroxylation sites is 1. The minimum Gasteiger partial charge on any atom is -0.494 e. The molecule has 0 saturated carbocycles. The van der Waals surface area contributed by atoms with E-state index in [0.29, 0.717) is 0 Å². The van der Waals surface area contributed by atoms with Crippen LogP contribution in [0.5, 0.6) is 5.75 Å². The smallest absolute Gasteiger partial charge is 0.162 e. The van der Waals surface area contributed by atoms with E-state index in [4.69, 9.17) is 14.7 Å². The van der Waals surface area contributed by atoms with E-state index in [-0.39, 0.29) is 0 Å². The first-order chi connectivity index (χ1) is 12.3. The third-order valence-electron chi connectivity index (χ3n) is 4.23. The molecule has 0 aliphatic carbocycles. The van der Waals surface area contributed by atoms with Crippen molar-refractivity contribution in [1.82, 2.24) is 9.97 Å². The van der Waals surface area contributed by atoms with Crippen LogP contribution in [0.2, 0.25) is 0 Å². The first-order valence-corrected chi connectivity index (χ1v) is 9.01. The molecule has 0 atom stereocenters. The summed E-state index contributed by atoms with van der Waals surface area (Å²) in [5.41, 5.74) is 1.98. The molecule has 4 nitrogen and oxygen atoms in total. The zero-order chi connectivity index (χ0) is 17.6. The first-order valence-electron chi connectivity index (χ1n) is 9.01. The molecule has 1 heterocycles. The highest BCUT2D eigenvalue weighted by atomic mass is 16.5. The van der Waals surface area contributed by atoms with Gasteiger partial charge in [-0.05, 0) is 56.7 Å². The van der Waals surface area contributed by atoms with Gasteiger partial charge in [-0.15, -0.1) is 0 Å². The molecule has 0 amide bonds. The van der Waals surface area contributed by atoms with Crippen LogP contribution >= 0.6 is 0 Å². The quantitative estimate of drug-likeness (QED) is 0.613. The Bertz CT molecular complexity index is 826. The number of fused-ring (bicyclic) bond motifs is 1. The van der Waals surface area contributed by atoms with E-state index in [1.165, 1.54) is 0 Å². The van der Waals surface area contributed by atoms with Crippen LogP contribution in [0.1, 0.15) is 27.2 Å². The van der Waals surface area contributed by atoms with Crippen LogP contribution in [-0.2, 0) is 0 Å². The van der Waals surface area contributed by atoms with Crippen molar-refractivity contribution in [2.75, 3.05) is 24.6 Å². The predicted octanol–water partition coefficient (Wildman–Crippen LogP) is 4.93. The van der Waals surface area contributed by atoms with Crippen molar-refractivity contribution < 1.29 is 4.74 Å². The van der Waals surface area contributed by atoms with Crippen LogP contribution in [0.25, 0.3) is 22.3 Å². The number of hydrogen-bond donors (Lipinski definition) is 0. The van der Waals surface area contributed by atoms with Gasteiger partial charge >= 0.3 is 0 Å². The summed E-state index contributed by atoms with van der Waals surface area (Å²) in [7, 11) is 0. The number of aromatic nitrogens is 2. The molecule has 3 aromatic rings. The van der Waals surface area contributed by atoms with Crippen molar-refractivity contribution >= 4 is 16.7 Å². The predicted molar refractivity (Wildman–Crippen MR) is 104 cm³/mol. The molecule has 0 saturated heterocycles. The van der Waals surface area contributed by atoms with Crippen molar-refractivity contribution in [2.24, 2.45) is 0 Å². The Morgan fingerprint density at radius 2 is 1.60 bits per heavy atom. The average molecular weight is 335 g/mol. The van der Waals surface area contributed by atoms with Gasteiger partial charge in [0.2, 0.25) is 0 Å². The van der Waals surface area contributed by atoms with Crippen LogP contribution in [0.3, 0.4) is 0 Å². The summed E-state index contributed by atoms with van der Waals surface area (Å²) in [4.78, 5) is 11.9. The molecule has 2 aromatic carbocycles. The fourth-order valence-corrected chi connectivity index (χ4v) is 2.87. The van der Waals surface area contributed by atoms with Crippen LogP contribution in [0.4, 0.5) is 5.82 Å². The molecule has 0 bridgehead atoms. The molecule has 1 aromatic heterocycles. The average Bonchev–Trinajstić information content (AvgIpc) is 2.67. The molecular formula is C21H25N3O. The Morgan fingerprint density at radius 3 is 2.28 bits per heavy atom. The lowest BCUT2D eigenvalue weighted by Gasteiger charge is -2.22. The summed E-state index contributed by atoms with van der Waals surface area (Å²) in [6.07, 6.45) is 1.00. The van der Waals surface area contributed by atoms with Crippen LogP contribution in [0.15, 0.2) is 48.5 Å².